The fourth-order valence-corrected chi connectivity index (χ4v) is 2.81. The summed E-state index contributed by atoms with van der Waals surface area (Å²) in [7, 11) is 0. The number of nitrogens with zero attached hydrogens (tertiary/aromatic N) is 3. The van der Waals surface area contributed by atoms with Crippen LogP contribution >= 0.6 is 11.6 Å². The summed E-state index contributed by atoms with van der Waals surface area (Å²) in [5, 5.41) is 9.51. The Kier molecular flexibility index (Phi) is 4.56. The molecule has 1 saturated carbocycles. The lowest BCUT2D eigenvalue weighted by Gasteiger charge is -2.35. The van der Waals surface area contributed by atoms with E-state index in [-0.39, 0.29) is 11.3 Å². The van der Waals surface area contributed by atoms with Crippen molar-refractivity contribution in [3.05, 3.63) is 11.5 Å². The van der Waals surface area contributed by atoms with Crippen molar-refractivity contribution in [3.8, 4) is 0 Å². The van der Waals surface area contributed by atoms with Crippen molar-refractivity contribution >= 4 is 29.1 Å². The first kappa shape index (κ1) is 15.8. The van der Waals surface area contributed by atoms with Crippen molar-refractivity contribution in [1.29, 1.82) is 0 Å². The lowest BCUT2D eigenvalue weighted by molar-refractivity contribution is -0.146. The topological polar surface area (TPSA) is 92.3 Å². The fourth-order valence-electron chi connectivity index (χ4n) is 2.68. The Balaban J connectivity index is 2.36. The zero-order chi connectivity index (χ0) is 15.6. The molecule has 1 aliphatic carbocycles. The SMILES string of the molecule is CC(C)(CN(c1nc(Cl)ncc1N)C1CCCC1)C(=O)O. The average Bonchev–Trinajstić information content (AvgIpc) is 2.93. The van der Waals surface area contributed by atoms with Gasteiger partial charge in [-0.05, 0) is 38.3 Å². The number of halogens is 1. The molecule has 0 aliphatic heterocycles. The second-order valence-electron chi connectivity index (χ2n) is 6.17. The molecule has 0 atom stereocenters. The summed E-state index contributed by atoms with van der Waals surface area (Å²) in [5.74, 6) is -0.305. The van der Waals surface area contributed by atoms with E-state index in [0.29, 0.717) is 18.1 Å². The van der Waals surface area contributed by atoms with E-state index < -0.39 is 11.4 Å². The van der Waals surface area contributed by atoms with Gasteiger partial charge in [0.1, 0.15) is 0 Å². The zero-order valence-corrected chi connectivity index (χ0v) is 13.1. The molecule has 6 nitrogen and oxygen atoms in total. The number of nitrogens with two attached hydrogens (primary N) is 1. The first-order chi connectivity index (χ1) is 9.81. The van der Waals surface area contributed by atoms with E-state index in [1.807, 2.05) is 4.90 Å². The molecule has 0 amide bonds. The van der Waals surface area contributed by atoms with E-state index in [2.05, 4.69) is 9.97 Å². The maximum absolute atomic E-state index is 11.4. The van der Waals surface area contributed by atoms with Crippen LogP contribution in [0.4, 0.5) is 11.5 Å². The second kappa shape index (κ2) is 6.05. The molecule has 1 aromatic rings. The van der Waals surface area contributed by atoms with Gasteiger partial charge in [-0.3, -0.25) is 4.79 Å². The van der Waals surface area contributed by atoms with Gasteiger partial charge in [-0.2, -0.15) is 4.98 Å². The van der Waals surface area contributed by atoms with E-state index in [1.165, 1.54) is 6.20 Å². The lowest BCUT2D eigenvalue weighted by atomic mass is 9.92. The van der Waals surface area contributed by atoms with E-state index >= 15 is 0 Å². The highest BCUT2D eigenvalue weighted by Crippen LogP contribution is 2.33. The van der Waals surface area contributed by atoms with Crippen molar-refractivity contribution < 1.29 is 9.90 Å². The molecule has 2 rings (SSSR count). The molecule has 1 heterocycles. The second-order valence-corrected chi connectivity index (χ2v) is 6.51. The van der Waals surface area contributed by atoms with Gasteiger partial charge < -0.3 is 15.7 Å². The minimum Gasteiger partial charge on any atom is -0.481 e. The van der Waals surface area contributed by atoms with Crippen LogP contribution in [0.3, 0.4) is 0 Å². The van der Waals surface area contributed by atoms with Crippen LogP contribution in [-0.4, -0.2) is 33.6 Å². The quantitative estimate of drug-likeness (QED) is 0.812. The summed E-state index contributed by atoms with van der Waals surface area (Å²) in [6.07, 6.45) is 5.76. The van der Waals surface area contributed by atoms with E-state index in [4.69, 9.17) is 17.3 Å². The van der Waals surface area contributed by atoms with Crippen molar-refractivity contribution in [2.45, 2.75) is 45.6 Å². The molecule has 1 aliphatic rings. The van der Waals surface area contributed by atoms with Gasteiger partial charge in [-0.25, -0.2) is 4.98 Å². The summed E-state index contributed by atoms with van der Waals surface area (Å²) in [4.78, 5) is 21.5. The normalized spacial score (nSPS) is 16.1. The molecule has 0 unspecified atom stereocenters. The maximum atomic E-state index is 11.4. The average molecular weight is 313 g/mol. The monoisotopic (exact) mass is 312 g/mol. The number of carboxylic acid groups (broad SMARTS) is 1. The van der Waals surface area contributed by atoms with Crippen LogP contribution in [0.5, 0.6) is 0 Å². The minimum atomic E-state index is -0.896. The Hall–Kier alpha value is -1.56. The molecule has 3 N–H and O–H groups in total. The molecule has 0 saturated heterocycles. The highest BCUT2D eigenvalue weighted by Gasteiger charge is 2.35. The molecular formula is C14H21ClN4O2. The number of rotatable bonds is 5. The Labute approximate surface area is 129 Å². The molecule has 116 valence electrons. The summed E-state index contributed by atoms with van der Waals surface area (Å²) < 4.78 is 0. The molecular weight excluding hydrogens is 292 g/mol. The first-order valence-electron chi connectivity index (χ1n) is 7.09. The van der Waals surface area contributed by atoms with E-state index in [0.717, 1.165) is 25.7 Å². The van der Waals surface area contributed by atoms with Gasteiger partial charge in [-0.15, -0.1) is 0 Å². The minimum absolute atomic E-state index is 0.121. The highest BCUT2D eigenvalue weighted by atomic mass is 35.5. The predicted octanol–water partition coefficient (Wildman–Crippen LogP) is 2.57. The van der Waals surface area contributed by atoms with Crippen molar-refractivity contribution in [3.63, 3.8) is 0 Å². The van der Waals surface area contributed by atoms with Gasteiger partial charge in [-0.1, -0.05) is 12.8 Å². The van der Waals surface area contributed by atoms with Crippen LogP contribution < -0.4 is 10.6 Å². The number of nitrogen functional groups attached to an aromatic ring is 1. The summed E-state index contributed by atoms with van der Waals surface area (Å²) in [6, 6.07) is 0.247. The maximum Gasteiger partial charge on any atom is 0.310 e. The van der Waals surface area contributed by atoms with Gasteiger partial charge in [0.15, 0.2) is 5.82 Å². The summed E-state index contributed by atoms with van der Waals surface area (Å²) in [5.41, 5.74) is 5.51. The van der Waals surface area contributed by atoms with Crippen LogP contribution in [0.25, 0.3) is 0 Å². The van der Waals surface area contributed by atoms with Gasteiger partial charge in [0.25, 0.3) is 0 Å². The third-order valence-electron chi connectivity index (χ3n) is 3.95. The molecule has 1 aromatic heterocycles. The van der Waals surface area contributed by atoms with E-state index in [1.54, 1.807) is 13.8 Å². The number of aromatic nitrogens is 2. The zero-order valence-electron chi connectivity index (χ0n) is 12.3. The number of hydrogen-bond acceptors (Lipinski definition) is 5. The lowest BCUT2D eigenvalue weighted by Crippen LogP contribution is -2.44. The smallest absolute Gasteiger partial charge is 0.310 e. The number of carboxylic acids is 1. The first-order valence-corrected chi connectivity index (χ1v) is 7.47. The Morgan fingerprint density at radius 1 is 1.52 bits per heavy atom. The number of anilines is 2. The van der Waals surface area contributed by atoms with Crippen molar-refractivity contribution in [1.82, 2.24) is 9.97 Å². The number of carbonyl (C=O) groups is 1. The molecule has 0 aromatic carbocycles. The Morgan fingerprint density at radius 3 is 2.71 bits per heavy atom. The van der Waals surface area contributed by atoms with Crippen LogP contribution in [0.2, 0.25) is 5.28 Å². The molecule has 21 heavy (non-hydrogen) atoms. The third kappa shape index (κ3) is 3.56. The van der Waals surface area contributed by atoms with Gasteiger partial charge in [0.05, 0.1) is 17.3 Å². The number of hydrogen-bond donors (Lipinski definition) is 2. The highest BCUT2D eigenvalue weighted by molar-refractivity contribution is 6.28. The largest absolute Gasteiger partial charge is 0.481 e. The van der Waals surface area contributed by atoms with E-state index in [9.17, 15) is 9.90 Å². The van der Waals surface area contributed by atoms with Gasteiger partial charge in [0.2, 0.25) is 5.28 Å². The molecule has 0 spiro atoms. The fraction of sp³-hybridized carbons (Fsp3) is 0.643. The number of aliphatic carboxylic acids is 1. The molecule has 0 radical (unpaired) electrons. The van der Waals surface area contributed by atoms with Crippen molar-refractivity contribution in [2.24, 2.45) is 5.41 Å². The van der Waals surface area contributed by atoms with Crippen LogP contribution in [0.15, 0.2) is 6.20 Å². The molecule has 1 fully saturated rings. The van der Waals surface area contributed by atoms with Crippen LogP contribution in [-0.2, 0) is 4.79 Å². The third-order valence-corrected chi connectivity index (χ3v) is 4.13. The molecule has 0 bridgehead atoms. The summed E-state index contributed by atoms with van der Waals surface area (Å²) in [6.45, 7) is 3.75. The predicted molar refractivity (Wildman–Crippen MR) is 82.5 cm³/mol. The summed E-state index contributed by atoms with van der Waals surface area (Å²) >= 11 is 5.88. The molecule has 7 heteroatoms. The van der Waals surface area contributed by atoms with Crippen LogP contribution in [0, 0.1) is 5.41 Å². The standard InChI is InChI=1S/C14H21ClN4O2/c1-14(2,12(20)21)8-19(9-5-3-4-6-9)11-10(16)7-17-13(15)18-11/h7,9H,3-6,8,16H2,1-2H3,(H,20,21). The Bertz CT molecular complexity index is 530. The van der Waals surface area contributed by atoms with Gasteiger partial charge in [0, 0.05) is 12.6 Å². The van der Waals surface area contributed by atoms with Crippen LogP contribution in [0.1, 0.15) is 39.5 Å². The Morgan fingerprint density at radius 2 is 2.14 bits per heavy atom. The van der Waals surface area contributed by atoms with Crippen molar-refractivity contribution in [2.75, 3.05) is 17.2 Å². The van der Waals surface area contributed by atoms with Gasteiger partial charge >= 0.3 is 5.97 Å².